The molecule has 0 spiro atoms. The van der Waals surface area contributed by atoms with Gasteiger partial charge in [-0.05, 0) is 24.6 Å². The normalized spacial score (nSPS) is 10.3. The average Bonchev–Trinajstić information content (AvgIpc) is 2.16. The van der Waals surface area contributed by atoms with Crippen molar-refractivity contribution in [2.24, 2.45) is 0 Å². The number of rotatable bonds is 3. The highest BCUT2D eigenvalue weighted by Crippen LogP contribution is 2.26. The first kappa shape index (κ1) is 12.9. The van der Waals surface area contributed by atoms with Crippen molar-refractivity contribution in [1.29, 1.82) is 0 Å². The zero-order valence-electron chi connectivity index (χ0n) is 10.0. The van der Waals surface area contributed by atoms with Gasteiger partial charge in [-0.1, -0.05) is 31.7 Å². The maximum absolute atomic E-state index is 11.6. The summed E-state index contributed by atoms with van der Waals surface area (Å²) in [4.78, 5) is 11.6. The van der Waals surface area contributed by atoms with Crippen LogP contribution in [0.1, 0.15) is 19.4 Å². The van der Waals surface area contributed by atoms with E-state index in [1.807, 2.05) is 39.0 Å². The second kappa shape index (κ2) is 5.80. The van der Waals surface area contributed by atoms with Gasteiger partial charge in [-0.25, -0.2) is 0 Å². The lowest BCUT2D eigenvalue weighted by atomic mass is 10.2. The van der Waals surface area contributed by atoms with Gasteiger partial charge < -0.3 is 10.1 Å². The first-order valence-corrected chi connectivity index (χ1v) is 6.03. The maximum atomic E-state index is 11.6. The van der Waals surface area contributed by atoms with Crippen LogP contribution in [0.4, 0.5) is 10.5 Å². The second-order valence-corrected chi connectivity index (χ2v) is 5.33. The van der Waals surface area contributed by atoms with Crippen LogP contribution in [0.5, 0.6) is 5.75 Å². The molecule has 0 bridgehead atoms. The number of methoxy groups -OCH3 is 1. The van der Waals surface area contributed by atoms with E-state index in [0.29, 0.717) is 5.75 Å². The molecule has 1 rings (SSSR count). The Morgan fingerprint density at radius 2 is 2.12 bits per heavy atom. The molecule has 0 saturated carbocycles. The summed E-state index contributed by atoms with van der Waals surface area (Å²) in [5.41, 5.74) is 1.81. The van der Waals surface area contributed by atoms with Crippen molar-refractivity contribution in [3.63, 3.8) is 0 Å². The summed E-state index contributed by atoms with van der Waals surface area (Å²) in [5.74, 6) is 0.684. The van der Waals surface area contributed by atoms with E-state index < -0.39 is 0 Å². The zero-order valence-corrected chi connectivity index (χ0v) is 10.9. The van der Waals surface area contributed by atoms with Crippen LogP contribution in [-0.2, 0) is 0 Å². The van der Waals surface area contributed by atoms with Crippen LogP contribution >= 0.6 is 11.8 Å². The number of hydrogen-bond donors (Lipinski definition) is 1. The SMILES string of the molecule is COc1ccc(C)cc1NC(=O)SC(C)C. The molecule has 0 radical (unpaired) electrons. The van der Waals surface area contributed by atoms with Crippen molar-refractivity contribution in [2.45, 2.75) is 26.0 Å². The van der Waals surface area contributed by atoms with Crippen molar-refractivity contribution in [2.75, 3.05) is 12.4 Å². The van der Waals surface area contributed by atoms with Crippen LogP contribution in [0.15, 0.2) is 18.2 Å². The number of thioether (sulfide) groups is 1. The minimum Gasteiger partial charge on any atom is -0.495 e. The maximum Gasteiger partial charge on any atom is 0.283 e. The fraction of sp³-hybridized carbons (Fsp3) is 0.417. The van der Waals surface area contributed by atoms with E-state index in [0.717, 1.165) is 11.3 Å². The Morgan fingerprint density at radius 3 is 2.69 bits per heavy atom. The molecule has 0 saturated heterocycles. The summed E-state index contributed by atoms with van der Waals surface area (Å²) in [7, 11) is 1.59. The molecule has 4 heteroatoms. The lowest BCUT2D eigenvalue weighted by Crippen LogP contribution is -2.09. The molecular formula is C12H17NO2S. The molecule has 0 atom stereocenters. The summed E-state index contributed by atoms with van der Waals surface area (Å²) in [6.07, 6.45) is 0. The second-order valence-electron chi connectivity index (χ2n) is 3.78. The fourth-order valence-electron chi connectivity index (χ4n) is 1.27. The Hall–Kier alpha value is -1.16. The van der Waals surface area contributed by atoms with Gasteiger partial charge in [0.05, 0.1) is 12.8 Å². The number of carbonyl (C=O) groups is 1. The molecule has 0 aliphatic heterocycles. The van der Waals surface area contributed by atoms with Crippen molar-refractivity contribution < 1.29 is 9.53 Å². The topological polar surface area (TPSA) is 38.3 Å². The van der Waals surface area contributed by atoms with E-state index in [9.17, 15) is 4.79 Å². The lowest BCUT2D eigenvalue weighted by Gasteiger charge is -2.11. The summed E-state index contributed by atoms with van der Waals surface area (Å²) < 4.78 is 5.18. The Morgan fingerprint density at radius 1 is 1.44 bits per heavy atom. The van der Waals surface area contributed by atoms with Crippen LogP contribution in [0.3, 0.4) is 0 Å². The monoisotopic (exact) mass is 239 g/mol. The third kappa shape index (κ3) is 3.77. The molecule has 0 unspecified atom stereocenters. The number of anilines is 1. The Labute approximate surface area is 101 Å². The van der Waals surface area contributed by atoms with Gasteiger partial charge in [-0.3, -0.25) is 4.79 Å². The molecule has 1 aromatic carbocycles. The summed E-state index contributed by atoms with van der Waals surface area (Å²) in [6, 6.07) is 5.70. The largest absolute Gasteiger partial charge is 0.495 e. The highest BCUT2D eigenvalue weighted by atomic mass is 32.2. The molecule has 0 fully saturated rings. The molecule has 1 amide bonds. The van der Waals surface area contributed by atoms with E-state index in [4.69, 9.17) is 4.74 Å². The van der Waals surface area contributed by atoms with E-state index in [1.54, 1.807) is 7.11 Å². The van der Waals surface area contributed by atoms with Gasteiger partial charge in [0.15, 0.2) is 0 Å². The van der Waals surface area contributed by atoms with E-state index in [1.165, 1.54) is 11.8 Å². The van der Waals surface area contributed by atoms with Crippen molar-refractivity contribution >= 4 is 22.7 Å². The van der Waals surface area contributed by atoms with E-state index in [-0.39, 0.29) is 10.5 Å². The van der Waals surface area contributed by atoms with Crippen molar-refractivity contribution in [1.82, 2.24) is 0 Å². The minimum absolute atomic E-state index is 0.0566. The van der Waals surface area contributed by atoms with E-state index in [2.05, 4.69) is 5.32 Å². The molecule has 0 aliphatic rings. The molecule has 16 heavy (non-hydrogen) atoms. The van der Waals surface area contributed by atoms with Gasteiger partial charge in [0.2, 0.25) is 0 Å². The van der Waals surface area contributed by atoms with Gasteiger partial charge in [-0.2, -0.15) is 0 Å². The quantitative estimate of drug-likeness (QED) is 0.874. The highest BCUT2D eigenvalue weighted by molar-refractivity contribution is 8.14. The zero-order chi connectivity index (χ0) is 12.1. The number of nitrogens with one attached hydrogen (secondary N) is 1. The number of amides is 1. The summed E-state index contributed by atoms with van der Waals surface area (Å²) in [6.45, 7) is 5.94. The third-order valence-electron chi connectivity index (χ3n) is 1.93. The van der Waals surface area contributed by atoms with Crippen molar-refractivity contribution in [3.8, 4) is 5.75 Å². The van der Waals surface area contributed by atoms with Gasteiger partial charge >= 0.3 is 0 Å². The standard InChI is InChI=1S/C12H17NO2S/c1-8(2)16-12(14)13-10-7-9(3)5-6-11(10)15-4/h5-8H,1-4H3,(H,13,14). The molecular weight excluding hydrogens is 222 g/mol. The molecule has 1 aromatic rings. The number of benzene rings is 1. The molecule has 0 aromatic heterocycles. The average molecular weight is 239 g/mol. The van der Waals surface area contributed by atoms with Gasteiger partial charge in [0.1, 0.15) is 5.75 Å². The van der Waals surface area contributed by atoms with Crippen LogP contribution in [0, 0.1) is 6.92 Å². The number of ether oxygens (including phenoxy) is 1. The summed E-state index contributed by atoms with van der Waals surface area (Å²) in [5, 5.41) is 3.05. The van der Waals surface area contributed by atoms with E-state index >= 15 is 0 Å². The molecule has 1 N–H and O–H groups in total. The minimum atomic E-state index is -0.0566. The Kier molecular flexibility index (Phi) is 4.68. The van der Waals surface area contributed by atoms with Crippen LogP contribution < -0.4 is 10.1 Å². The molecule has 88 valence electrons. The third-order valence-corrected chi connectivity index (χ3v) is 2.72. The number of carbonyl (C=O) groups excluding carboxylic acids is 1. The predicted octanol–water partition coefficient (Wildman–Crippen LogP) is 3.68. The number of hydrogen-bond acceptors (Lipinski definition) is 3. The van der Waals surface area contributed by atoms with Crippen molar-refractivity contribution in [3.05, 3.63) is 23.8 Å². The smallest absolute Gasteiger partial charge is 0.283 e. The molecule has 3 nitrogen and oxygen atoms in total. The summed E-state index contributed by atoms with van der Waals surface area (Å²) >= 11 is 1.27. The predicted molar refractivity (Wildman–Crippen MR) is 69.5 cm³/mol. The van der Waals surface area contributed by atoms with Crippen LogP contribution in [0.25, 0.3) is 0 Å². The number of aryl methyl sites for hydroxylation is 1. The molecule has 0 aliphatic carbocycles. The highest BCUT2D eigenvalue weighted by Gasteiger charge is 2.09. The Bertz CT molecular complexity index is 377. The van der Waals surface area contributed by atoms with Gasteiger partial charge in [0.25, 0.3) is 5.24 Å². The van der Waals surface area contributed by atoms with Crippen LogP contribution in [-0.4, -0.2) is 17.6 Å². The van der Waals surface area contributed by atoms with Gasteiger partial charge in [-0.15, -0.1) is 0 Å². The lowest BCUT2D eigenvalue weighted by molar-refractivity contribution is 0.269. The molecule has 0 heterocycles. The first-order chi connectivity index (χ1) is 7.52. The first-order valence-electron chi connectivity index (χ1n) is 5.15. The van der Waals surface area contributed by atoms with Gasteiger partial charge in [0, 0.05) is 5.25 Å². The fourth-order valence-corrected chi connectivity index (χ4v) is 1.87. The van der Waals surface area contributed by atoms with Crippen LogP contribution in [0.2, 0.25) is 0 Å². The Balaban J connectivity index is 2.79.